The van der Waals surface area contributed by atoms with Gasteiger partial charge >= 0.3 is 0 Å². The second kappa shape index (κ2) is 11.5. The molecule has 0 bridgehead atoms. The fraction of sp³-hybridized carbons (Fsp3) is 0.400. The number of halogens is 2. The minimum atomic E-state index is 0.413. The molecule has 0 saturated heterocycles. The Bertz CT molecular complexity index is 692. The molecule has 0 N–H and O–H groups in total. The number of ether oxygens (including phenoxy) is 6. The van der Waals surface area contributed by atoms with Crippen LogP contribution in [0.3, 0.4) is 0 Å². The zero-order valence-electron chi connectivity index (χ0n) is 15.3. The van der Waals surface area contributed by atoms with E-state index in [1.807, 2.05) is 36.4 Å². The Hall–Kier alpha value is -1.48. The number of hydrogen-bond acceptors (Lipinski definition) is 6. The monoisotopic (exact) mass is 516 g/mol. The van der Waals surface area contributed by atoms with Gasteiger partial charge < -0.3 is 28.4 Å². The molecule has 0 spiro atoms. The quantitative estimate of drug-likeness (QED) is 0.513. The van der Waals surface area contributed by atoms with Gasteiger partial charge in [0.15, 0.2) is 23.0 Å². The Morgan fingerprint density at radius 2 is 0.821 bits per heavy atom. The van der Waals surface area contributed by atoms with Gasteiger partial charge in [-0.1, -0.05) is 31.9 Å². The molecule has 0 unspecified atom stereocenters. The van der Waals surface area contributed by atoms with E-state index in [0.717, 1.165) is 8.95 Å². The van der Waals surface area contributed by atoms with Crippen molar-refractivity contribution in [3.05, 3.63) is 45.3 Å². The third kappa shape index (κ3) is 6.84. The summed E-state index contributed by atoms with van der Waals surface area (Å²) in [6.07, 6.45) is 0. The molecule has 1 aliphatic rings. The topological polar surface area (TPSA) is 55.4 Å². The van der Waals surface area contributed by atoms with Crippen LogP contribution in [0.4, 0.5) is 0 Å². The van der Waals surface area contributed by atoms with Crippen molar-refractivity contribution in [3.8, 4) is 23.0 Å². The molecule has 2 aromatic rings. The van der Waals surface area contributed by atoms with Gasteiger partial charge in [-0.3, -0.25) is 0 Å². The Morgan fingerprint density at radius 3 is 1.21 bits per heavy atom. The van der Waals surface area contributed by atoms with Crippen molar-refractivity contribution in [1.82, 2.24) is 0 Å². The highest BCUT2D eigenvalue weighted by Gasteiger charge is 2.09. The molecule has 0 radical (unpaired) electrons. The Kier molecular flexibility index (Phi) is 8.72. The highest BCUT2D eigenvalue weighted by Crippen LogP contribution is 2.31. The van der Waals surface area contributed by atoms with Crippen molar-refractivity contribution < 1.29 is 28.4 Å². The Labute approximate surface area is 181 Å². The van der Waals surface area contributed by atoms with E-state index < -0.39 is 0 Å². The standard InChI is InChI=1S/C20H22Br2O6/c21-15-1-3-17-19(13-15)27-11-7-24-6-10-26-18-4-2-16(22)14-20(18)28-12-8-23-5-9-25-17/h1-4,13-14H,5-12H2. The molecule has 0 fully saturated rings. The molecule has 28 heavy (non-hydrogen) atoms. The minimum Gasteiger partial charge on any atom is -0.487 e. The minimum absolute atomic E-state index is 0.413. The maximum Gasteiger partial charge on any atom is 0.162 e. The van der Waals surface area contributed by atoms with Gasteiger partial charge in [0, 0.05) is 8.95 Å². The van der Waals surface area contributed by atoms with Gasteiger partial charge in [-0.25, -0.2) is 0 Å². The fourth-order valence-electron chi connectivity index (χ4n) is 2.47. The lowest BCUT2D eigenvalue weighted by molar-refractivity contribution is 0.0640. The molecule has 0 aliphatic carbocycles. The van der Waals surface area contributed by atoms with Crippen LogP contribution in [0.2, 0.25) is 0 Å². The van der Waals surface area contributed by atoms with Crippen molar-refractivity contribution in [2.24, 2.45) is 0 Å². The molecule has 0 aromatic heterocycles. The maximum atomic E-state index is 5.80. The van der Waals surface area contributed by atoms with Gasteiger partial charge in [0.1, 0.15) is 26.4 Å². The van der Waals surface area contributed by atoms with Gasteiger partial charge in [-0.2, -0.15) is 0 Å². The summed E-state index contributed by atoms with van der Waals surface area (Å²) in [7, 11) is 0. The second-order valence-corrected chi connectivity index (χ2v) is 7.63. The third-order valence-corrected chi connectivity index (χ3v) is 4.74. The van der Waals surface area contributed by atoms with E-state index in [9.17, 15) is 0 Å². The zero-order chi connectivity index (χ0) is 19.6. The summed E-state index contributed by atoms with van der Waals surface area (Å²) in [5.41, 5.74) is 0. The molecular formula is C20H22Br2O6. The van der Waals surface area contributed by atoms with E-state index in [1.165, 1.54) is 0 Å². The summed E-state index contributed by atoms with van der Waals surface area (Å²) in [5.74, 6) is 2.67. The van der Waals surface area contributed by atoms with Gasteiger partial charge in [-0.05, 0) is 36.4 Å². The van der Waals surface area contributed by atoms with E-state index in [1.54, 1.807) is 0 Å². The van der Waals surface area contributed by atoms with Crippen LogP contribution in [0.1, 0.15) is 0 Å². The Balaban J connectivity index is 1.60. The van der Waals surface area contributed by atoms with E-state index in [4.69, 9.17) is 28.4 Å². The first kappa shape index (κ1) is 21.2. The third-order valence-electron chi connectivity index (χ3n) is 3.75. The van der Waals surface area contributed by atoms with Crippen molar-refractivity contribution in [1.29, 1.82) is 0 Å². The molecule has 8 heteroatoms. The molecule has 0 atom stereocenters. The van der Waals surface area contributed by atoms with Crippen LogP contribution in [0, 0.1) is 0 Å². The van der Waals surface area contributed by atoms with Crippen LogP contribution in [0.15, 0.2) is 45.3 Å². The van der Waals surface area contributed by atoms with Crippen LogP contribution < -0.4 is 18.9 Å². The lowest BCUT2D eigenvalue weighted by Gasteiger charge is -2.16. The van der Waals surface area contributed by atoms with Gasteiger partial charge in [0.05, 0.1) is 26.4 Å². The smallest absolute Gasteiger partial charge is 0.162 e. The predicted molar refractivity (Wildman–Crippen MR) is 112 cm³/mol. The first-order chi connectivity index (χ1) is 13.7. The summed E-state index contributed by atoms with van der Waals surface area (Å²) in [6, 6.07) is 11.3. The predicted octanol–water partition coefficient (Wildman–Crippen LogP) is 4.47. The van der Waals surface area contributed by atoms with E-state index in [2.05, 4.69) is 31.9 Å². The van der Waals surface area contributed by atoms with Crippen LogP contribution in [0.25, 0.3) is 0 Å². The molecule has 0 amide bonds. The van der Waals surface area contributed by atoms with Gasteiger partial charge in [0.2, 0.25) is 0 Å². The van der Waals surface area contributed by atoms with Crippen LogP contribution in [-0.2, 0) is 9.47 Å². The van der Waals surface area contributed by atoms with Crippen LogP contribution in [0.5, 0.6) is 23.0 Å². The second-order valence-electron chi connectivity index (χ2n) is 5.80. The normalized spacial score (nSPS) is 16.6. The van der Waals surface area contributed by atoms with Crippen molar-refractivity contribution in [3.63, 3.8) is 0 Å². The van der Waals surface area contributed by atoms with Crippen molar-refractivity contribution in [2.75, 3.05) is 52.9 Å². The fourth-order valence-corrected chi connectivity index (χ4v) is 3.15. The molecular weight excluding hydrogens is 496 g/mol. The number of hydrogen-bond donors (Lipinski definition) is 0. The van der Waals surface area contributed by atoms with Gasteiger partial charge in [0.25, 0.3) is 0 Å². The summed E-state index contributed by atoms with van der Waals surface area (Å²) in [4.78, 5) is 0. The lowest BCUT2D eigenvalue weighted by atomic mass is 10.3. The van der Waals surface area contributed by atoms with E-state index in [0.29, 0.717) is 75.9 Å². The summed E-state index contributed by atoms with van der Waals surface area (Å²) >= 11 is 6.90. The summed E-state index contributed by atoms with van der Waals surface area (Å²) < 4.78 is 36.2. The summed E-state index contributed by atoms with van der Waals surface area (Å²) in [6.45, 7) is 3.45. The zero-order valence-corrected chi connectivity index (χ0v) is 18.5. The molecule has 152 valence electrons. The number of rotatable bonds is 0. The molecule has 1 heterocycles. The largest absolute Gasteiger partial charge is 0.487 e. The van der Waals surface area contributed by atoms with Crippen molar-refractivity contribution in [2.45, 2.75) is 0 Å². The first-order valence-electron chi connectivity index (χ1n) is 8.98. The molecule has 0 saturated carbocycles. The van der Waals surface area contributed by atoms with Crippen molar-refractivity contribution >= 4 is 31.9 Å². The highest BCUT2D eigenvalue weighted by atomic mass is 79.9. The van der Waals surface area contributed by atoms with Crippen LogP contribution in [-0.4, -0.2) is 52.9 Å². The van der Waals surface area contributed by atoms with Gasteiger partial charge in [-0.15, -0.1) is 0 Å². The maximum absolute atomic E-state index is 5.80. The first-order valence-corrected chi connectivity index (χ1v) is 10.6. The molecule has 2 aromatic carbocycles. The number of fused-ring (bicyclic) bond motifs is 2. The van der Waals surface area contributed by atoms with E-state index in [-0.39, 0.29) is 0 Å². The molecule has 6 nitrogen and oxygen atoms in total. The average Bonchev–Trinajstić information content (AvgIpc) is 2.68. The molecule has 1 aliphatic heterocycles. The highest BCUT2D eigenvalue weighted by molar-refractivity contribution is 9.10. The number of benzene rings is 2. The van der Waals surface area contributed by atoms with E-state index >= 15 is 0 Å². The lowest BCUT2D eigenvalue weighted by Crippen LogP contribution is -2.15. The van der Waals surface area contributed by atoms with Crippen LogP contribution >= 0.6 is 31.9 Å². The Morgan fingerprint density at radius 1 is 0.464 bits per heavy atom. The summed E-state index contributed by atoms with van der Waals surface area (Å²) in [5, 5.41) is 0. The molecule has 3 rings (SSSR count). The average molecular weight is 518 g/mol. The SMILES string of the molecule is Brc1ccc2c(c1)OCCOCCOc1ccc(Br)cc1OCCOCCO2.